The number of carbonyl (C=O) groups excluding carboxylic acids is 1. The maximum Gasteiger partial charge on any atom is 0.273 e. The van der Waals surface area contributed by atoms with Crippen molar-refractivity contribution in [1.29, 1.82) is 0 Å². The number of aromatic nitrogens is 2. The molecular formula is C10H19N5O3S. The van der Waals surface area contributed by atoms with Crippen LogP contribution in [0.15, 0.2) is 0 Å². The maximum atomic E-state index is 11.8. The van der Waals surface area contributed by atoms with Crippen LogP contribution in [0.2, 0.25) is 0 Å². The van der Waals surface area contributed by atoms with Gasteiger partial charge in [0.15, 0.2) is 5.69 Å². The molecular weight excluding hydrogens is 270 g/mol. The Balaban J connectivity index is 2.59. The monoisotopic (exact) mass is 289 g/mol. The molecule has 0 fully saturated rings. The average molecular weight is 289 g/mol. The van der Waals surface area contributed by atoms with Crippen molar-refractivity contribution in [2.75, 3.05) is 32.1 Å². The van der Waals surface area contributed by atoms with Crippen molar-refractivity contribution in [3.05, 3.63) is 11.4 Å². The van der Waals surface area contributed by atoms with Crippen LogP contribution in [0.4, 0.5) is 5.69 Å². The first-order valence-corrected chi connectivity index (χ1v) is 7.41. The van der Waals surface area contributed by atoms with Crippen LogP contribution in [0.5, 0.6) is 0 Å². The smallest absolute Gasteiger partial charge is 0.273 e. The summed E-state index contributed by atoms with van der Waals surface area (Å²) in [6.45, 7) is 1.89. The predicted molar refractivity (Wildman–Crippen MR) is 72.2 cm³/mol. The standard InChI is InChI=1S/C10H19N5O3S/c1-4-7-8(11)9(14-13-7)10(16)12-5-6-19(17,18)15(2)3/h4-6,11H2,1-3H3,(H,12,16)(H,13,14). The minimum atomic E-state index is -3.33. The molecule has 0 radical (unpaired) electrons. The lowest BCUT2D eigenvalue weighted by atomic mass is 10.2. The van der Waals surface area contributed by atoms with E-state index < -0.39 is 15.9 Å². The number of aromatic amines is 1. The molecule has 0 aromatic carbocycles. The van der Waals surface area contributed by atoms with E-state index in [0.717, 1.165) is 4.31 Å². The minimum Gasteiger partial charge on any atom is -0.395 e. The van der Waals surface area contributed by atoms with Gasteiger partial charge in [-0.2, -0.15) is 5.10 Å². The van der Waals surface area contributed by atoms with Crippen molar-refractivity contribution in [3.8, 4) is 0 Å². The summed E-state index contributed by atoms with van der Waals surface area (Å²) < 4.78 is 24.1. The predicted octanol–water partition coefficient (Wildman–Crippen LogP) is -0.824. The number of amides is 1. The minimum absolute atomic E-state index is 0.00705. The normalized spacial score (nSPS) is 11.8. The number of nitrogens with zero attached hydrogens (tertiary/aromatic N) is 2. The number of nitrogens with one attached hydrogen (secondary N) is 2. The van der Waals surface area contributed by atoms with E-state index in [9.17, 15) is 13.2 Å². The van der Waals surface area contributed by atoms with Gasteiger partial charge in [-0.15, -0.1) is 0 Å². The number of aryl methyl sites for hydroxylation is 1. The summed E-state index contributed by atoms with van der Waals surface area (Å²) in [6.07, 6.45) is 0.640. The molecule has 0 bridgehead atoms. The van der Waals surface area contributed by atoms with E-state index in [1.165, 1.54) is 14.1 Å². The van der Waals surface area contributed by atoms with E-state index in [-0.39, 0.29) is 18.0 Å². The number of carbonyl (C=O) groups is 1. The molecule has 19 heavy (non-hydrogen) atoms. The van der Waals surface area contributed by atoms with Gasteiger partial charge in [-0.3, -0.25) is 9.89 Å². The molecule has 9 heteroatoms. The number of H-pyrrole nitrogens is 1. The fourth-order valence-corrected chi connectivity index (χ4v) is 2.11. The van der Waals surface area contributed by atoms with Gasteiger partial charge in [-0.1, -0.05) is 6.92 Å². The summed E-state index contributed by atoms with van der Waals surface area (Å²) >= 11 is 0. The molecule has 1 aromatic heterocycles. The van der Waals surface area contributed by atoms with Crippen LogP contribution in [-0.4, -0.2) is 55.2 Å². The molecule has 0 aliphatic heterocycles. The molecule has 0 unspecified atom stereocenters. The van der Waals surface area contributed by atoms with Crippen molar-refractivity contribution >= 4 is 21.6 Å². The van der Waals surface area contributed by atoms with Gasteiger partial charge in [0.1, 0.15) is 0 Å². The van der Waals surface area contributed by atoms with E-state index >= 15 is 0 Å². The lowest BCUT2D eigenvalue weighted by molar-refractivity contribution is 0.0952. The van der Waals surface area contributed by atoms with Gasteiger partial charge in [-0.05, 0) is 6.42 Å². The molecule has 0 spiro atoms. The second-order valence-corrected chi connectivity index (χ2v) is 6.47. The third-order valence-electron chi connectivity index (χ3n) is 2.65. The topological polar surface area (TPSA) is 121 Å². The van der Waals surface area contributed by atoms with Crippen LogP contribution >= 0.6 is 0 Å². The van der Waals surface area contributed by atoms with E-state index in [2.05, 4.69) is 15.5 Å². The van der Waals surface area contributed by atoms with Crippen LogP contribution < -0.4 is 11.1 Å². The Labute approximate surface area is 112 Å². The van der Waals surface area contributed by atoms with Crippen LogP contribution in [0.1, 0.15) is 23.1 Å². The zero-order valence-electron chi connectivity index (χ0n) is 11.2. The van der Waals surface area contributed by atoms with Crippen molar-refractivity contribution in [3.63, 3.8) is 0 Å². The van der Waals surface area contributed by atoms with Crippen LogP contribution in [-0.2, 0) is 16.4 Å². The number of rotatable bonds is 6. The van der Waals surface area contributed by atoms with Gasteiger partial charge >= 0.3 is 0 Å². The number of nitrogens with two attached hydrogens (primary N) is 1. The Kier molecular flexibility index (Phi) is 4.90. The number of nitrogen functional groups attached to an aromatic ring is 1. The molecule has 1 amide bonds. The van der Waals surface area contributed by atoms with Crippen LogP contribution in [0.3, 0.4) is 0 Å². The van der Waals surface area contributed by atoms with Crippen LogP contribution in [0, 0.1) is 0 Å². The van der Waals surface area contributed by atoms with Gasteiger partial charge in [-0.25, -0.2) is 12.7 Å². The van der Waals surface area contributed by atoms with E-state index in [4.69, 9.17) is 5.73 Å². The highest BCUT2D eigenvalue weighted by atomic mass is 32.2. The summed E-state index contributed by atoms with van der Waals surface area (Å²) in [5.74, 6) is -0.654. The number of hydrogen-bond acceptors (Lipinski definition) is 5. The van der Waals surface area contributed by atoms with Gasteiger partial charge in [0.2, 0.25) is 10.0 Å². The van der Waals surface area contributed by atoms with Gasteiger partial charge in [0, 0.05) is 20.6 Å². The Morgan fingerprint density at radius 3 is 2.58 bits per heavy atom. The third kappa shape index (κ3) is 3.67. The SMILES string of the molecule is CCc1[nH]nc(C(=O)NCCS(=O)(=O)N(C)C)c1N. The summed E-state index contributed by atoms with van der Waals surface area (Å²) in [5, 5.41) is 8.96. The van der Waals surface area contributed by atoms with Crippen molar-refractivity contribution in [1.82, 2.24) is 19.8 Å². The lowest BCUT2D eigenvalue weighted by Gasteiger charge is -2.11. The van der Waals surface area contributed by atoms with Gasteiger partial charge in [0.25, 0.3) is 5.91 Å². The molecule has 108 valence electrons. The molecule has 1 aromatic rings. The molecule has 1 heterocycles. The lowest BCUT2D eigenvalue weighted by Crippen LogP contribution is -2.34. The van der Waals surface area contributed by atoms with Crippen molar-refractivity contribution < 1.29 is 13.2 Å². The first-order valence-electron chi connectivity index (χ1n) is 5.80. The highest BCUT2D eigenvalue weighted by Gasteiger charge is 2.18. The summed E-state index contributed by atoms with van der Waals surface area (Å²) in [4.78, 5) is 11.8. The summed E-state index contributed by atoms with van der Waals surface area (Å²) in [6, 6.07) is 0. The highest BCUT2D eigenvalue weighted by Crippen LogP contribution is 2.13. The molecule has 8 nitrogen and oxygen atoms in total. The third-order valence-corrected chi connectivity index (χ3v) is 4.49. The Hall–Kier alpha value is -1.61. The number of hydrogen-bond donors (Lipinski definition) is 3. The average Bonchev–Trinajstić information content (AvgIpc) is 2.69. The molecule has 4 N–H and O–H groups in total. The first kappa shape index (κ1) is 15.4. The Bertz CT molecular complexity index is 550. The summed E-state index contributed by atoms with van der Waals surface area (Å²) in [7, 11) is -0.445. The van der Waals surface area contributed by atoms with Crippen molar-refractivity contribution in [2.24, 2.45) is 0 Å². The van der Waals surface area contributed by atoms with E-state index in [0.29, 0.717) is 17.8 Å². The molecule has 0 saturated heterocycles. The molecule has 0 aliphatic carbocycles. The number of anilines is 1. The second-order valence-electron chi connectivity index (χ2n) is 4.17. The quantitative estimate of drug-likeness (QED) is 0.631. The van der Waals surface area contributed by atoms with Crippen molar-refractivity contribution in [2.45, 2.75) is 13.3 Å². The van der Waals surface area contributed by atoms with E-state index in [1.54, 1.807) is 0 Å². The maximum absolute atomic E-state index is 11.8. The van der Waals surface area contributed by atoms with Crippen LogP contribution in [0.25, 0.3) is 0 Å². The molecule has 0 atom stereocenters. The molecule has 0 saturated carbocycles. The molecule has 0 aliphatic rings. The number of sulfonamides is 1. The van der Waals surface area contributed by atoms with Gasteiger partial charge < -0.3 is 11.1 Å². The zero-order chi connectivity index (χ0) is 14.6. The zero-order valence-corrected chi connectivity index (χ0v) is 12.0. The largest absolute Gasteiger partial charge is 0.395 e. The Morgan fingerprint density at radius 1 is 1.47 bits per heavy atom. The van der Waals surface area contributed by atoms with Gasteiger partial charge in [0.05, 0.1) is 17.1 Å². The first-order chi connectivity index (χ1) is 8.79. The molecule has 1 rings (SSSR count). The van der Waals surface area contributed by atoms with E-state index in [1.807, 2.05) is 6.92 Å². The highest BCUT2D eigenvalue weighted by molar-refractivity contribution is 7.89. The fraction of sp³-hybridized carbons (Fsp3) is 0.600. The summed E-state index contributed by atoms with van der Waals surface area (Å²) in [5.41, 5.74) is 6.82. The fourth-order valence-electron chi connectivity index (χ4n) is 1.39. The Morgan fingerprint density at radius 2 is 2.11 bits per heavy atom. The second kappa shape index (κ2) is 6.02.